The van der Waals surface area contributed by atoms with Gasteiger partial charge in [-0.1, -0.05) is 0 Å². The van der Waals surface area contributed by atoms with E-state index >= 15 is 0 Å². The van der Waals surface area contributed by atoms with Crippen LogP contribution in [-0.2, 0) is 0 Å². The quantitative estimate of drug-likeness (QED) is 0.458. The van der Waals surface area contributed by atoms with Crippen molar-refractivity contribution in [3.05, 3.63) is 70.8 Å². The van der Waals surface area contributed by atoms with Gasteiger partial charge in [0.2, 0.25) is 5.89 Å². The number of carbonyl (C=O) groups is 1. The van der Waals surface area contributed by atoms with Gasteiger partial charge in [-0.05, 0) is 77.5 Å². The molecule has 0 aliphatic rings. The number of ether oxygens (including phenoxy) is 1. The summed E-state index contributed by atoms with van der Waals surface area (Å²) in [6.07, 6.45) is 1.67. The van der Waals surface area contributed by atoms with Crippen molar-refractivity contribution in [2.45, 2.75) is 6.92 Å². The zero-order valence-corrected chi connectivity index (χ0v) is 16.6. The molecule has 0 saturated heterocycles. The minimum absolute atomic E-state index is 0.206. The summed E-state index contributed by atoms with van der Waals surface area (Å²) in [7, 11) is 0. The Morgan fingerprint density at radius 1 is 1.18 bits per heavy atom. The molecule has 0 radical (unpaired) electrons. The normalized spacial score (nSPS) is 10.8. The zero-order valence-electron chi connectivity index (χ0n) is 15.0. The van der Waals surface area contributed by atoms with Crippen LogP contribution in [0.15, 0.2) is 69.7 Å². The summed E-state index contributed by atoms with van der Waals surface area (Å²) >= 11 is 3.42. The number of oxazole rings is 1. The Bertz CT molecular complexity index is 1110. The van der Waals surface area contributed by atoms with Crippen molar-refractivity contribution < 1.29 is 13.9 Å². The fraction of sp³-hybridized carbons (Fsp3) is 0.0952. The second kappa shape index (κ2) is 7.82. The van der Waals surface area contributed by atoms with Crippen LogP contribution in [0.25, 0.3) is 22.7 Å². The molecule has 4 aromatic rings. The lowest BCUT2D eigenvalue weighted by Gasteiger charge is -2.09. The predicted octanol–water partition coefficient (Wildman–Crippen LogP) is 5.30. The SMILES string of the molecule is CCOc1ccc(C(=O)Nc2ccc(-c3nc4ncccc4o3)cc2)cc1Br. The first kappa shape index (κ1) is 18.2. The van der Waals surface area contributed by atoms with Gasteiger partial charge in [0.15, 0.2) is 11.2 Å². The molecule has 28 heavy (non-hydrogen) atoms. The van der Waals surface area contributed by atoms with Crippen LogP contribution in [0.4, 0.5) is 5.69 Å². The molecule has 4 rings (SSSR count). The highest BCUT2D eigenvalue weighted by atomic mass is 79.9. The molecule has 140 valence electrons. The molecule has 1 N–H and O–H groups in total. The number of hydrogen-bond donors (Lipinski definition) is 1. The first-order chi connectivity index (χ1) is 13.6. The number of carbonyl (C=O) groups excluding carboxylic acids is 1. The van der Waals surface area contributed by atoms with E-state index in [0.29, 0.717) is 40.7 Å². The Morgan fingerprint density at radius 3 is 2.71 bits per heavy atom. The van der Waals surface area contributed by atoms with Gasteiger partial charge in [-0.25, -0.2) is 4.98 Å². The topological polar surface area (TPSA) is 77.2 Å². The second-order valence-corrected chi connectivity index (χ2v) is 6.81. The Morgan fingerprint density at radius 2 is 2.00 bits per heavy atom. The molecule has 2 aromatic carbocycles. The van der Waals surface area contributed by atoms with Crippen molar-refractivity contribution >= 4 is 38.8 Å². The van der Waals surface area contributed by atoms with E-state index in [-0.39, 0.29) is 5.91 Å². The monoisotopic (exact) mass is 437 g/mol. The van der Waals surface area contributed by atoms with Gasteiger partial charge in [0, 0.05) is 23.0 Å². The smallest absolute Gasteiger partial charge is 0.255 e. The molecule has 2 heterocycles. The van der Waals surface area contributed by atoms with E-state index < -0.39 is 0 Å². The summed E-state index contributed by atoms with van der Waals surface area (Å²) < 4.78 is 11.9. The number of pyridine rings is 1. The van der Waals surface area contributed by atoms with E-state index in [1.165, 1.54) is 0 Å². The van der Waals surface area contributed by atoms with E-state index in [4.69, 9.17) is 9.15 Å². The summed E-state index contributed by atoms with van der Waals surface area (Å²) in [6, 6.07) is 16.1. The average Bonchev–Trinajstić information content (AvgIpc) is 3.14. The van der Waals surface area contributed by atoms with E-state index in [1.807, 2.05) is 25.1 Å². The van der Waals surface area contributed by atoms with Crippen LogP contribution in [0.2, 0.25) is 0 Å². The highest BCUT2D eigenvalue weighted by Crippen LogP contribution is 2.27. The number of nitrogens with zero attached hydrogens (tertiary/aromatic N) is 2. The molecular formula is C21H16BrN3O3. The maximum Gasteiger partial charge on any atom is 0.255 e. The molecule has 2 aromatic heterocycles. The Balaban J connectivity index is 1.49. The van der Waals surface area contributed by atoms with Crippen LogP contribution in [-0.4, -0.2) is 22.5 Å². The number of hydrogen-bond acceptors (Lipinski definition) is 5. The van der Waals surface area contributed by atoms with Crippen LogP contribution in [0, 0.1) is 0 Å². The highest BCUT2D eigenvalue weighted by molar-refractivity contribution is 9.10. The van der Waals surface area contributed by atoms with Crippen molar-refractivity contribution in [1.82, 2.24) is 9.97 Å². The van der Waals surface area contributed by atoms with Crippen molar-refractivity contribution in [2.75, 3.05) is 11.9 Å². The van der Waals surface area contributed by atoms with E-state index in [0.717, 1.165) is 10.0 Å². The number of nitrogens with one attached hydrogen (secondary N) is 1. The predicted molar refractivity (Wildman–Crippen MR) is 111 cm³/mol. The first-order valence-electron chi connectivity index (χ1n) is 8.70. The largest absolute Gasteiger partial charge is 0.493 e. The van der Waals surface area contributed by atoms with Gasteiger partial charge in [-0.15, -0.1) is 0 Å². The molecule has 7 heteroatoms. The molecule has 0 saturated carbocycles. The van der Waals surface area contributed by atoms with Gasteiger partial charge >= 0.3 is 0 Å². The number of benzene rings is 2. The molecule has 0 atom stereocenters. The molecule has 0 bridgehead atoms. The van der Waals surface area contributed by atoms with Crippen LogP contribution in [0.1, 0.15) is 17.3 Å². The molecule has 1 amide bonds. The molecule has 0 unspecified atom stereocenters. The number of aromatic nitrogens is 2. The first-order valence-corrected chi connectivity index (χ1v) is 9.49. The van der Waals surface area contributed by atoms with Gasteiger partial charge < -0.3 is 14.5 Å². The summed E-state index contributed by atoms with van der Waals surface area (Å²) in [5.41, 5.74) is 3.21. The van der Waals surface area contributed by atoms with Gasteiger partial charge in [-0.2, -0.15) is 4.98 Å². The molecule has 6 nitrogen and oxygen atoms in total. The van der Waals surface area contributed by atoms with Gasteiger partial charge in [0.05, 0.1) is 11.1 Å². The van der Waals surface area contributed by atoms with Crippen molar-refractivity contribution in [3.8, 4) is 17.2 Å². The lowest BCUT2D eigenvalue weighted by atomic mass is 10.1. The van der Waals surface area contributed by atoms with E-state index in [9.17, 15) is 4.79 Å². The maximum atomic E-state index is 12.5. The van der Waals surface area contributed by atoms with Crippen LogP contribution in [0.3, 0.4) is 0 Å². The lowest BCUT2D eigenvalue weighted by Crippen LogP contribution is -2.11. The minimum Gasteiger partial charge on any atom is -0.493 e. The summed E-state index contributed by atoms with van der Waals surface area (Å²) in [6.45, 7) is 2.47. The molecule has 0 aliphatic carbocycles. The summed E-state index contributed by atoms with van der Waals surface area (Å²) in [5, 5.41) is 2.88. The third-order valence-electron chi connectivity index (χ3n) is 4.05. The van der Waals surface area contributed by atoms with Crippen molar-refractivity contribution in [3.63, 3.8) is 0 Å². The number of rotatable bonds is 5. The third-order valence-corrected chi connectivity index (χ3v) is 4.67. The number of fused-ring (bicyclic) bond motifs is 1. The molecular weight excluding hydrogens is 422 g/mol. The lowest BCUT2D eigenvalue weighted by molar-refractivity contribution is 0.102. The minimum atomic E-state index is -0.206. The maximum absolute atomic E-state index is 12.5. The van der Waals surface area contributed by atoms with Crippen LogP contribution in [0.5, 0.6) is 5.75 Å². The van der Waals surface area contributed by atoms with E-state index in [2.05, 4.69) is 31.2 Å². The Labute approximate surface area is 169 Å². The molecule has 0 aliphatic heterocycles. The average molecular weight is 438 g/mol. The van der Waals surface area contributed by atoms with E-state index in [1.54, 1.807) is 42.6 Å². The van der Waals surface area contributed by atoms with Crippen LogP contribution < -0.4 is 10.1 Å². The fourth-order valence-corrected chi connectivity index (χ4v) is 3.20. The van der Waals surface area contributed by atoms with Gasteiger partial charge in [-0.3, -0.25) is 4.79 Å². The van der Waals surface area contributed by atoms with Crippen molar-refractivity contribution in [1.29, 1.82) is 0 Å². The summed E-state index contributed by atoms with van der Waals surface area (Å²) in [5.74, 6) is 0.987. The Kier molecular flexibility index (Phi) is 5.08. The fourth-order valence-electron chi connectivity index (χ4n) is 2.71. The highest BCUT2D eigenvalue weighted by Gasteiger charge is 2.11. The zero-order chi connectivity index (χ0) is 19.5. The second-order valence-electron chi connectivity index (χ2n) is 5.95. The summed E-state index contributed by atoms with van der Waals surface area (Å²) in [4.78, 5) is 21.0. The molecule has 0 fully saturated rings. The van der Waals surface area contributed by atoms with Gasteiger partial charge in [0.1, 0.15) is 5.75 Å². The van der Waals surface area contributed by atoms with Crippen LogP contribution >= 0.6 is 15.9 Å². The van der Waals surface area contributed by atoms with Gasteiger partial charge in [0.25, 0.3) is 5.91 Å². The number of anilines is 1. The van der Waals surface area contributed by atoms with Crippen molar-refractivity contribution in [2.24, 2.45) is 0 Å². The number of amides is 1. The number of halogens is 1. The molecule has 0 spiro atoms. The standard InChI is InChI=1S/C21H16BrN3O3/c1-2-27-17-10-7-14(12-16(17)22)20(26)24-15-8-5-13(6-9-15)21-25-19-18(28-21)4-3-11-23-19/h3-12H,2H2,1H3,(H,24,26). The third kappa shape index (κ3) is 3.75. The Hall–Kier alpha value is -3.19.